The second-order valence-electron chi connectivity index (χ2n) is 4.94. The number of aromatic nitrogens is 1. The Hall–Kier alpha value is -1.20. The van der Waals surface area contributed by atoms with Crippen molar-refractivity contribution in [2.75, 3.05) is 38.6 Å². The number of hydrogen-bond donors (Lipinski definition) is 1. The summed E-state index contributed by atoms with van der Waals surface area (Å²) in [5.41, 5.74) is 0.925. The minimum absolute atomic E-state index is 0.272. The van der Waals surface area contributed by atoms with Crippen molar-refractivity contribution in [3.8, 4) is 0 Å². The molecule has 1 saturated heterocycles. The number of piperazine rings is 1. The van der Waals surface area contributed by atoms with Gasteiger partial charge in [0.05, 0.1) is 6.20 Å². The zero-order chi connectivity index (χ0) is 13.1. The van der Waals surface area contributed by atoms with E-state index >= 15 is 0 Å². The maximum absolute atomic E-state index is 13.3. The highest BCUT2D eigenvalue weighted by Gasteiger charge is 2.23. The monoisotopic (exact) mass is 252 g/mol. The lowest BCUT2D eigenvalue weighted by Crippen LogP contribution is -2.50. The molecule has 1 fully saturated rings. The standard InChI is InChI=1S/C13H21FN4/c1-10-9-18(5-4-17(10)3)13-11(7-15-2)6-12(14)8-16-13/h6,8,10,15H,4-5,7,9H2,1-3H3. The Labute approximate surface area is 108 Å². The van der Waals surface area contributed by atoms with Crippen LogP contribution in [0.3, 0.4) is 0 Å². The summed E-state index contributed by atoms with van der Waals surface area (Å²) in [7, 11) is 4.00. The summed E-state index contributed by atoms with van der Waals surface area (Å²) in [5, 5.41) is 3.07. The van der Waals surface area contributed by atoms with E-state index in [4.69, 9.17) is 0 Å². The fourth-order valence-corrected chi connectivity index (χ4v) is 2.32. The zero-order valence-corrected chi connectivity index (χ0v) is 11.3. The van der Waals surface area contributed by atoms with Crippen LogP contribution in [0.1, 0.15) is 12.5 Å². The molecule has 0 spiro atoms. The molecule has 0 aromatic carbocycles. The highest BCUT2D eigenvalue weighted by atomic mass is 19.1. The maximum Gasteiger partial charge on any atom is 0.141 e. The number of hydrogen-bond acceptors (Lipinski definition) is 4. The van der Waals surface area contributed by atoms with E-state index in [0.29, 0.717) is 12.6 Å². The molecule has 100 valence electrons. The minimum atomic E-state index is -0.272. The molecule has 5 heteroatoms. The van der Waals surface area contributed by atoms with Crippen LogP contribution in [-0.2, 0) is 6.54 Å². The van der Waals surface area contributed by atoms with E-state index in [9.17, 15) is 4.39 Å². The maximum atomic E-state index is 13.3. The van der Waals surface area contributed by atoms with Gasteiger partial charge in [-0.3, -0.25) is 0 Å². The lowest BCUT2D eigenvalue weighted by atomic mass is 10.1. The van der Waals surface area contributed by atoms with Gasteiger partial charge in [-0.15, -0.1) is 0 Å². The van der Waals surface area contributed by atoms with Gasteiger partial charge in [0.15, 0.2) is 0 Å². The van der Waals surface area contributed by atoms with Gasteiger partial charge in [0, 0.05) is 37.8 Å². The molecule has 1 N–H and O–H groups in total. The van der Waals surface area contributed by atoms with Crippen molar-refractivity contribution < 1.29 is 4.39 Å². The third-order valence-corrected chi connectivity index (χ3v) is 3.54. The van der Waals surface area contributed by atoms with Gasteiger partial charge in [0.2, 0.25) is 0 Å². The number of anilines is 1. The van der Waals surface area contributed by atoms with E-state index < -0.39 is 0 Å². The number of halogens is 1. The van der Waals surface area contributed by atoms with Crippen LogP contribution in [0.5, 0.6) is 0 Å². The Morgan fingerprint density at radius 2 is 2.28 bits per heavy atom. The first-order valence-electron chi connectivity index (χ1n) is 6.36. The van der Waals surface area contributed by atoms with Gasteiger partial charge < -0.3 is 15.1 Å². The summed E-state index contributed by atoms with van der Waals surface area (Å²) in [6.07, 6.45) is 1.30. The molecule has 0 saturated carbocycles. The van der Waals surface area contributed by atoms with Crippen molar-refractivity contribution >= 4 is 5.82 Å². The van der Waals surface area contributed by atoms with E-state index in [1.807, 2.05) is 7.05 Å². The Bertz CT molecular complexity index is 410. The van der Waals surface area contributed by atoms with Gasteiger partial charge in [-0.1, -0.05) is 0 Å². The lowest BCUT2D eigenvalue weighted by molar-refractivity contribution is 0.233. The molecule has 4 nitrogen and oxygen atoms in total. The molecule has 1 aromatic heterocycles. The summed E-state index contributed by atoms with van der Waals surface area (Å²) < 4.78 is 13.3. The largest absolute Gasteiger partial charge is 0.354 e. The molecular formula is C13H21FN4. The van der Waals surface area contributed by atoms with E-state index in [2.05, 4.69) is 34.1 Å². The van der Waals surface area contributed by atoms with Crippen molar-refractivity contribution in [3.63, 3.8) is 0 Å². The van der Waals surface area contributed by atoms with Gasteiger partial charge in [0.25, 0.3) is 0 Å². The molecule has 0 radical (unpaired) electrons. The van der Waals surface area contributed by atoms with Crippen molar-refractivity contribution in [2.45, 2.75) is 19.5 Å². The predicted octanol–water partition coefficient (Wildman–Crippen LogP) is 1.08. The van der Waals surface area contributed by atoms with Crippen LogP contribution >= 0.6 is 0 Å². The molecule has 1 unspecified atom stereocenters. The minimum Gasteiger partial charge on any atom is -0.354 e. The Balaban J connectivity index is 2.22. The van der Waals surface area contributed by atoms with E-state index in [0.717, 1.165) is 31.0 Å². The summed E-state index contributed by atoms with van der Waals surface area (Å²) in [6.45, 7) is 5.73. The average Bonchev–Trinajstić information content (AvgIpc) is 2.34. The summed E-state index contributed by atoms with van der Waals surface area (Å²) >= 11 is 0. The fourth-order valence-electron chi connectivity index (χ4n) is 2.32. The zero-order valence-electron chi connectivity index (χ0n) is 11.3. The van der Waals surface area contributed by atoms with Crippen molar-refractivity contribution in [3.05, 3.63) is 23.6 Å². The lowest BCUT2D eigenvalue weighted by Gasteiger charge is -2.39. The molecule has 2 heterocycles. The van der Waals surface area contributed by atoms with Crippen LogP contribution in [0.2, 0.25) is 0 Å². The molecule has 2 rings (SSSR count). The van der Waals surface area contributed by atoms with Gasteiger partial charge in [-0.2, -0.15) is 0 Å². The summed E-state index contributed by atoms with van der Waals surface area (Å²) in [6, 6.07) is 2.06. The number of rotatable bonds is 3. The van der Waals surface area contributed by atoms with Crippen LogP contribution < -0.4 is 10.2 Å². The molecule has 1 aliphatic heterocycles. The molecule has 18 heavy (non-hydrogen) atoms. The van der Waals surface area contributed by atoms with Crippen LogP contribution in [0.4, 0.5) is 10.2 Å². The quantitative estimate of drug-likeness (QED) is 0.872. The average molecular weight is 252 g/mol. The highest BCUT2D eigenvalue weighted by Crippen LogP contribution is 2.21. The Morgan fingerprint density at radius 3 is 2.94 bits per heavy atom. The number of nitrogens with one attached hydrogen (secondary N) is 1. The molecule has 0 aliphatic carbocycles. The molecule has 1 aromatic rings. The Morgan fingerprint density at radius 1 is 1.50 bits per heavy atom. The summed E-state index contributed by atoms with van der Waals surface area (Å²) in [5.74, 6) is 0.636. The molecule has 0 amide bonds. The van der Waals surface area contributed by atoms with Gasteiger partial charge in [-0.25, -0.2) is 9.37 Å². The van der Waals surface area contributed by atoms with Gasteiger partial charge >= 0.3 is 0 Å². The van der Waals surface area contributed by atoms with E-state index in [1.165, 1.54) is 6.20 Å². The predicted molar refractivity (Wildman–Crippen MR) is 71.3 cm³/mol. The molecule has 0 bridgehead atoms. The van der Waals surface area contributed by atoms with Crippen molar-refractivity contribution in [1.82, 2.24) is 15.2 Å². The van der Waals surface area contributed by atoms with Crippen LogP contribution in [0.15, 0.2) is 12.3 Å². The van der Waals surface area contributed by atoms with Crippen LogP contribution in [0, 0.1) is 5.82 Å². The van der Waals surface area contributed by atoms with E-state index in [1.54, 1.807) is 6.07 Å². The third-order valence-electron chi connectivity index (χ3n) is 3.54. The summed E-state index contributed by atoms with van der Waals surface area (Å²) in [4.78, 5) is 8.85. The second-order valence-corrected chi connectivity index (χ2v) is 4.94. The first-order valence-corrected chi connectivity index (χ1v) is 6.36. The first-order chi connectivity index (χ1) is 8.61. The normalized spacial score (nSPS) is 21.3. The third kappa shape index (κ3) is 2.79. The van der Waals surface area contributed by atoms with Crippen LogP contribution in [-0.4, -0.2) is 49.7 Å². The molecule has 1 atom stereocenters. The highest BCUT2D eigenvalue weighted by molar-refractivity contribution is 5.47. The molecule has 1 aliphatic rings. The Kier molecular flexibility index (Phi) is 4.14. The number of pyridine rings is 1. The van der Waals surface area contributed by atoms with Gasteiger partial charge in [0.1, 0.15) is 11.6 Å². The van der Waals surface area contributed by atoms with Crippen molar-refractivity contribution in [2.24, 2.45) is 0 Å². The fraction of sp³-hybridized carbons (Fsp3) is 0.615. The van der Waals surface area contributed by atoms with Gasteiger partial charge in [-0.05, 0) is 27.1 Å². The van der Waals surface area contributed by atoms with Crippen molar-refractivity contribution in [1.29, 1.82) is 0 Å². The molecular weight excluding hydrogens is 231 g/mol. The van der Waals surface area contributed by atoms with E-state index in [-0.39, 0.29) is 5.82 Å². The smallest absolute Gasteiger partial charge is 0.141 e. The van der Waals surface area contributed by atoms with Crippen LogP contribution in [0.25, 0.3) is 0 Å². The number of nitrogens with zero attached hydrogens (tertiary/aromatic N) is 3. The topological polar surface area (TPSA) is 31.4 Å². The SMILES string of the molecule is CNCc1cc(F)cnc1N1CCN(C)C(C)C1. The second kappa shape index (κ2) is 5.63. The first kappa shape index (κ1) is 13.2. The number of likely N-dealkylation sites (N-methyl/N-ethyl adjacent to an activating group) is 1.